The summed E-state index contributed by atoms with van der Waals surface area (Å²) in [5.74, 6) is -1.89. The molecule has 13 heteroatoms. The molecule has 0 bridgehead atoms. The molecule has 1 aliphatic heterocycles. The number of carbonyl (C=O) groups excluding carboxylic acids is 1. The lowest BCUT2D eigenvalue weighted by molar-refractivity contribution is -0.137. The lowest BCUT2D eigenvalue weighted by atomic mass is 10.1. The van der Waals surface area contributed by atoms with Crippen LogP contribution in [0, 0.1) is 5.82 Å². The highest BCUT2D eigenvalue weighted by molar-refractivity contribution is 5.95. The zero-order valence-corrected chi connectivity index (χ0v) is 20.0. The topological polar surface area (TPSA) is 111 Å². The lowest BCUT2D eigenvalue weighted by Crippen LogP contribution is -2.41. The molecule has 1 fully saturated rings. The van der Waals surface area contributed by atoms with Gasteiger partial charge in [0.2, 0.25) is 0 Å². The number of amides is 1. The molecule has 1 aliphatic rings. The van der Waals surface area contributed by atoms with Gasteiger partial charge in [-0.3, -0.25) is 9.69 Å². The highest BCUT2D eigenvalue weighted by atomic mass is 19.4. The van der Waals surface area contributed by atoms with Gasteiger partial charge in [0, 0.05) is 43.5 Å². The number of nitrogens with zero attached hydrogens (tertiary/aromatic N) is 5. The van der Waals surface area contributed by atoms with Crippen LogP contribution < -0.4 is 11.1 Å². The van der Waals surface area contributed by atoms with Gasteiger partial charge in [0.1, 0.15) is 11.6 Å². The van der Waals surface area contributed by atoms with E-state index in [-0.39, 0.29) is 16.8 Å². The van der Waals surface area contributed by atoms with Crippen LogP contribution in [0.2, 0.25) is 0 Å². The van der Waals surface area contributed by atoms with Crippen LogP contribution in [0.15, 0.2) is 48.8 Å². The summed E-state index contributed by atoms with van der Waals surface area (Å²) < 4.78 is 61.5. The monoisotopic (exact) mass is 529 g/mol. The van der Waals surface area contributed by atoms with Crippen molar-refractivity contribution in [1.29, 1.82) is 0 Å². The number of nitrogens with one attached hydrogen (secondary N) is 1. The van der Waals surface area contributed by atoms with Gasteiger partial charge in [-0.2, -0.15) is 18.3 Å². The van der Waals surface area contributed by atoms with Crippen molar-refractivity contribution in [3.05, 3.63) is 65.7 Å². The standard InChI is InChI=1S/C25H23F4N7O2/c26-19-12-15(1-2-17(19)24(37)31-5-6-35-7-9-38-10-8-35)21-14-32-22-4-3-20(34-36(21)22)16-11-18(25(27,28)29)23(30)33-13-16/h1-4,11-14H,5-10H2,(H2,30,33)(H,31,37). The van der Waals surface area contributed by atoms with Gasteiger partial charge in [0.25, 0.3) is 5.91 Å². The Morgan fingerprint density at radius 1 is 1.05 bits per heavy atom. The summed E-state index contributed by atoms with van der Waals surface area (Å²) in [5, 5.41) is 7.13. The number of benzene rings is 1. The third-order valence-electron chi connectivity index (χ3n) is 6.21. The van der Waals surface area contributed by atoms with Gasteiger partial charge < -0.3 is 15.8 Å². The van der Waals surface area contributed by atoms with Crippen molar-refractivity contribution in [3.63, 3.8) is 0 Å². The molecule has 3 N–H and O–H groups in total. The Morgan fingerprint density at radius 3 is 2.58 bits per heavy atom. The third-order valence-corrected chi connectivity index (χ3v) is 6.21. The number of anilines is 1. The summed E-state index contributed by atoms with van der Waals surface area (Å²) in [7, 11) is 0. The molecule has 9 nitrogen and oxygen atoms in total. The normalized spacial score (nSPS) is 14.6. The van der Waals surface area contributed by atoms with E-state index in [2.05, 4.69) is 25.3 Å². The summed E-state index contributed by atoms with van der Waals surface area (Å²) in [5.41, 5.74) is 5.68. The molecule has 0 radical (unpaired) electrons. The van der Waals surface area contributed by atoms with Gasteiger partial charge >= 0.3 is 6.18 Å². The number of imidazole rings is 1. The minimum atomic E-state index is -4.68. The fourth-order valence-electron chi connectivity index (χ4n) is 4.17. The highest BCUT2D eigenvalue weighted by Crippen LogP contribution is 2.35. The minimum Gasteiger partial charge on any atom is -0.383 e. The molecule has 1 saturated heterocycles. The van der Waals surface area contributed by atoms with E-state index >= 15 is 0 Å². The van der Waals surface area contributed by atoms with Crippen molar-refractivity contribution in [1.82, 2.24) is 29.8 Å². The largest absolute Gasteiger partial charge is 0.419 e. The van der Waals surface area contributed by atoms with E-state index in [1.165, 1.54) is 35.1 Å². The van der Waals surface area contributed by atoms with Crippen LogP contribution in [0.3, 0.4) is 0 Å². The number of carbonyl (C=O) groups is 1. The number of pyridine rings is 1. The van der Waals surface area contributed by atoms with Crippen molar-refractivity contribution in [3.8, 4) is 22.5 Å². The van der Waals surface area contributed by atoms with E-state index in [0.717, 1.165) is 19.2 Å². The van der Waals surface area contributed by atoms with Gasteiger partial charge in [-0.15, -0.1) is 0 Å². The highest BCUT2D eigenvalue weighted by Gasteiger charge is 2.34. The van der Waals surface area contributed by atoms with Gasteiger partial charge in [-0.1, -0.05) is 6.07 Å². The third kappa shape index (κ3) is 5.29. The average molecular weight is 529 g/mol. The Hall–Kier alpha value is -4.10. The van der Waals surface area contributed by atoms with Crippen molar-refractivity contribution >= 4 is 17.4 Å². The molecule has 0 saturated carbocycles. The second-order valence-electron chi connectivity index (χ2n) is 8.69. The number of halogens is 4. The number of nitrogen functional groups attached to an aromatic ring is 1. The number of morpholine rings is 1. The molecule has 4 aromatic rings. The Kier molecular flexibility index (Phi) is 6.95. The molecule has 1 aromatic carbocycles. The van der Waals surface area contributed by atoms with Crippen LogP contribution in [0.1, 0.15) is 15.9 Å². The molecule has 198 valence electrons. The number of alkyl halides is 3. The maximum atomic E-state index is 14.9. The van der Waals surface area contributed by atoms with Crippen LogP contribution in [0.4, 0.5) is 23.4 Å². The Bertz CT molecular complexity index is 1480. The first-order chi connectivity index (χ1) is 18.2. The van der Waals surface area contributed by atoms with E-state index in [4.69, 9.17) is 10.5 Å². The molecule has 0 spiro atoms. The summed E-state index contributed by atoms with van der Waals surface area (Å²) in [4.78, 5) is 22.6. The van der Waals surface area contributed by atoms with Crippen molar-refractivity contribution < 1.29 is 27.1 Å². The van der Waals surface area contributed by atoms with Crippen molar-refractivity contribution in [2.45, 2.75) is 6.18 Å². The van der Waals surface area contributed by atoms with E-state index in [0.29, 0.717) is 43.2 Å². The number of ether oxygens (including phenoxy) is 1. The van der Waals surface area contributed by atoms with Gasteiger partial charge in [-0.25, -0.2) is 18.9 Å². The minimum absolute atomic E-state index is 0.100. The molecule has 3 aromatic heterocycles. The fourth-order valence-corrected chi connectivity index (χ4v) is 4.17. The predicted octanol–water partition coefficient (Wildman–Crippen LogP) is 3.26. The Labute approximate surface area is 214 Å². The fraction of sp³-hybridized carbons (Fsp3) is 0.280. The molecule has 0 atom stereocenters. The van der Waals surface area contributed by atoms with Crippen LogP contribution in [0.5, 0.6) is 0 Å². The molecular formula is C25H23F4N7O2. The first kappa shape index (κ1) is 25.5. The zero-order valence-electron chi connectivity index (χ0n) is 20.0. The summed E-state index contributed by atoms with van der Waals surface area (Å²) >= 11 is 0. The molecule has 4 heterocycles. The van der Waals surface area contributed by atoms with Crippen LogP contribution >= 0.6 is 0 Å². The van der Waals surface area contributed by atoms with E-state index in [1.54, 1.807) is 12.1 Å². The number of hydrogen-bond donors (Lipinski definition) is 2. The van der Waals surface area contributed by atoms with E-state index in [9.17, 15) is 22.4 Å². The SMILES string of the molecule is Nc1ncc(-c2ccc3ncc(-c4ccc(C(=O)NCCN5CCOCC5)c(F)c4)n3n2)cc1C(F)(F)F. The number of hydrogen-bond acceptors (Lipinski definition) is 7. The van der Waals surface area contributed by atoms with Crippen LogP contribution in [-0.4, -0.2) is 69.8 Å². The van der Waals surface area contributed by atoms with Gasteiger partial charge in [0.15, 0.2) is 5.65 Å². The number of nitrogens with two attached hydrogens (primary N) is 1. The van der Waals surface area contributed by atoms with Gasteiger partial charge in [-0.05, 0) is 30.3 Å². The Morgan fingerprint density at radius 2 is 1.84 bits per heavy atom. The van der Waals surface area contributed by atoms with Crippen molar-refractivity contribution in [2.24, 2.45) is 0 Å². The summed E-state index contributed by atoms with van der Waals surface area (Å²) in [6, 6.07) is 8.08. The van der Waals surface area contributed by atoms with Gasteiger partial charge in [0.05, 0.1) is 41.9 Å². The Balaban J connectivity index is 1.37. The summed E-state index contributed by atoms with van der Waals surface area (Å²) in [6.45, 7) is 3.87. The number of rotatable bonds is 6. The second kappa shape index (κ2) is 10.3. The van der Waals surface area contributed by atoms with E-state index in [1.807, 2.05) is 0 Å². The maximum Gasteiger partial charge on any atom is 0.419 e. The average Bonchev–Trinajstić information content (AvgIpc) is 3.32. The predicted molar refractivity (Wildman–Crippen MR) is 131 cm³/mol. The lowest BCUT2D eigenvalue weighted by Gasteiger charge is -2.26. The first-order valence-electron chi connectivity index (χ1n) is 11.8. The van der Waals surface area contributed by atoms with E-state index < -0.39 is 29.3 Å². The summed E-state index contributed by atoms with van der Waals surface area (Å²) in [6.07, 6.45) is -2.02. The number of aromatic nitrogens is 4. The molecule has 0 aliphatic carbocycles. The first-order valence-corrected chi connectivity index (χ1v) is 11.8. The quantitative estimate of drug-likeness (QED) is 0.369. The molecule has 0 unspecified atom stereocenters. The maximum absolute atomic E-state index is 14.9. The number of fused-ring (bicyclic) bond motifs is 1. The molecule has 38 heavy (non-hydrogen) atoms. The molecule has 1 amide bonds. The zero-order chi connectivity index (χ0) is 26.9. The van der Waals surface area contributed by atoms with Crippen molar-refractivity contribution in [2.75, 3.05) is 45.1 Å². The smallest absolute Gasteiger partial charge is 0.383 e. The second-order valence-corrected chi connectivity index (χ2v) is 8.69. The van der Waals surface area contributed by atoms with Crippen LogP contribution in [-0.2, 0) is 10.9 Å². The molecule has 5 rings (SSSR count). The molecular weight excluding hydrogens is 506 g/mol. The van der Waals surface area contributed by atoms with Crippen LogP contribution in [0.25, 0.3) is 28.2 Å².